The Morgan fingerprint density at radius 1 is 1.33 bits per heavy atom. The maximum absolute atomic E-state index is 11.5. The number of hydrogen-bond acceptors (Lipinski definition) is 4. The lowest BCUT2D eigenvalue weighted by Crippen LogP contribution is -2.53. The zero-order valence-electron chi connectivity index (χ0n) is 11.3. The van der Waals surface area contributed by atoms with Gasteiger partial charge in [-0.3, -0.25) is 4.79 Å². The monoisotopic (exact) mass is 256 g/mol. The fraction of sp³-hybridized carbons (Fsp3) is 0.923. The van der Waals surface area contributed by atoms with E-state index in [1.54, 1.807) is 7.05 Å². The van der Waals surface area contributed by atoms with Gasteiger partial charge in [0.15, 0.2) is 0 Å². The fourth-order valence-electron chi connectivity index (χ4n) is 2.91. The molecule has 2 aliphatic rings. The van der Waals surface area contributed by atoms with E-state index in [2.05, 4.69) is 10.6 Å². The topological polar surface area (TPSA) is 59.6 Å². The van der Waals surface area contributed by atoms with Gasteiger partial charge < -0.3 is 20.1 Å². The molecule has 2 aliphatic heterocycles. The van der Waals surface area contributed by atoms with Crippen LogP contribution in [0.3, 0.4) is 0 Å². The Morgan fingerprint density at radius 3 is 2.72 bits per heavy atom. The van der Waals surface area contributed by atoms with Crippen LogP contribution in [0.15, 0.2) is 0 Å². The second-order valence-corrected chi connectivity index (χ2v) is 5.34. The molecule has 1 amide bonds. The molecule has 2 atom stereocenters. The summed E-state index contributed by atoms with van der Waals surface area (Å²) in [4.78, 5) is 11.5. The summed E-state index contributed by atoms with van der Waals surface area (Å²) in [5.74, 6) is 0.0440. The SMILES string of the molecule is CNC(=O)C(C)NC1CCOC2(CCOCC2)C1. The van der Waals surface area contributed by atoms with Gasteiger partial charge >= 0.3 is 0 Å². The van der Waals surface area contributed by atoms with Gasteiger partial charge in [0.2, 0.25) is 5.91 Å². The Labute approximate surface area is 109 Å². The predicted molar refractivity (Wildman–Crippen MR) is 68.4 cm³/mol. The van der Waals surface area contributed by atoms with Crippen molar-refractivity contribution in [2.75, 3.05) is 26.9 Å². The number of carbonyl (C=O) groups is 1. The molecule has 2 N–H and O–H groups in total. The summed E-state index contributed by atoms with van der Waals surface area (Å²) in [6.07, 6.45) is 3.90. The molecule has 2 rings (SSSR count). The molecule has 0 radical (unpaired) electrons. The molecule has 2 unspecified atom stereocenters. The third-order valence-electron chi connectivity index (χ3n) is 4.02. The minimum absolute atomic E-state index is 0.0173. The highest BCUT2D eigenvalue weighted by atomic mass is 16.5. The molecule has 2 fully saturated rings. The largest absolute Gasteiger partial charge is 0.381 e. The van der Waals surface area contributed by atoms with Crippen LogP contribution in [0.25, 0.3) is 0 Å². The summed E-state index contributed by atoms with van der Waals surface area (Å²) in [7, 11) is 1.67. The van der Waals surface area contributed by atoms with E-state index in [1.807, 2.05) is 6.92 Å². The highest BCUT2D eigenvalue weighted by Crippen LogP contribution is 2.34. The molecule has 104 valence electrons. The van der Waals surface area contributed by atoms with Crippen LogP contribution in [0.5, 0.6) is 0 Å². The average Bonchev–Trinajstić information content (AvgIpc) is 2.38. The minimum Gasteiger partial charge on any atom is -0.381 e. The summed E-state index contributed by atoms with van der Waals surface area (Å²) >= 11 is 0. The summed E-state index contributed by atoms with van der Waals surface area (Å²) < 4.78 is 11.4. The van der Waals surface area contributed by atoms with Gasteiger partial charge in [-0.15, -0.1) is 0 Å². The van der Waals surface area contributed by atoms with Gasteiger partial charge in [0.05, 0.1) is 11.6 Å². The standard InChI is InChI=1S/C13H24N2O3/c1-10(12(16)14-2)15-11-3-6-18-13(9-11)4-7-17-8-5-13/h10-11,15H,3-9H2,1-2H3,(H,14,16). The van der Waals surface area contributed by atoms with E-state index in [9.17, 15) is 4.79 Å². The maximum atomic E-state index is 11.5. The first-order valence-electron chi connectivity index (χ1n) is 6.84. The maximum Gasteiger partial charge on any atom is 0.236 e. The number of rotatable bonds is 3. The summed E-state index contributed by atoms with van der Waals surface area (Å²) in [6, 6.07) is 0.221. The summed E-state index contributed by atoms with van der Waals surface area (Å²) in [5, 5.41) is 6.08. The van der Waals surface area contributed by atoms with E-state index in [0.717, 1.165) is 45.5 Å². The van der Waals surface area contributed by atoms with Crippen LogP contribution in [0, 0.1) is 0 Å². The van der Waals surface area contributed by atoms with E-state index >= 15 is 0 Å². The third kappa shape index (κ3) is 3.22. The minimum atomic E-state index is -0.144. The van der Waals surface area contributed by atoms with Crippen molar-refractivity contribution >= 4 is 5.91 Å². The third-order valence-corrected chi connectivity index (χ3v) is 4.02. The van der Waals surface area contributed by atoms with Crippen molar-refractivity contribution < 1.29 is 14.3 Å². The van der Waals surface area contributed by atoms with Crippen molar-refractivity contribution in [2.24, 2.45) is 0 Å². The van der Waals surface area contributed by atoms with E-state index in [1.165, 1.54) is 0 Å². The number of likely N-dealkylation sites (N-methyl/N-ethyl adjacent to an activating group) is 1. The van der Waals surface area contributed by atoms with Gasteiger partial charge in [-0.1, -0.05) is 0 Å². The number of hydrogen-bond donors (Lipinski definition) is 2. The average molecular weight is 256 g/mol. The Bertz CT molecular complexity index is 284. The van der Waals surface area contributed by atoms with Gasteiger partial charge in [-0.25, -0.2) is 0 Å². The molecule has 0 aromatic heterocycles. The normalized spacial score (nSPS) is 28.9. The zero-order chi connectivity index (χ0) is 13.0. The zero-order valence-corrected chi connectivity index (χ0v) is 11.3. The van der Waals surface area contributed by atoms with Gasteiger partial charge in [0, 0.05) is 32.9 Å². The van der Waals surface area contributed by atoms with Crippen LogP contribution < -0.4 is 10.6 Å². The first kappa shape index (κ1) is 13.8. The van der Waals surface area contributed by atoms with E-state index < -0.39 is 0 Å². The first-order valence-corrected chi connectivity index (χ1v) is 6.84. The molecule has 0 aromatic rings. The van der Waals surface area contributed by atoms with Gasteiger partial charge in [0.1, 0.15) is 0 Å². The van der Waals surface area contributed by atoms with E-state index in [0.29, 0.717) is 6.04 Å². The van der Waals surface area contributed by atoms with Gasteiger partial charge in [0.25, 0.3) is 0 Å². The molecule has 1 spiro atoms. The van der Waals surface area contributed by atoms with Crippen molar-refractivity contribution in [1.29, 1.82) is 0 Å². The second kappa shape index (κ2) is 5.99. The number of nitrogens with one attached hydrogen (secondary N) is 2. The van der Waals surface area contributed by atoms with Crippen LogP contribution in [0.1, 0.15) is 32.6 Å². The van der Waals surface area contributed by atoms with E-state index in [4.69, 9.17) is 9.47 Å². The Balaban J connectivity index is 1.88. The highest BCUT2D eigenvalue weighted by Gasteiger charge is 2.39. The molecular formula is C13H24N2O3. The van der Waals surface area contributed by atoms with Crippen LogP contribution in [-0.4, -0.2) is 50.5 Å². The molecule has 0 saturated carbocycles. The number of carbonyl (C=O) groups excluding carboxylic acids is 1. The fourth-order valence-corrected chi connectivity index (χ4v) is 2.91. The molecule has 0 aliphatic carbocycles. The van der Waals surface area contributed by atoms with Crippen LogP contribution in [-0.2, 0) is 14.3 Å². The van der Waals surface area contributed by atoms with Crippen molar-refractivity contribution in [3.8, 4) is 0 Å². The summed E-state index contributed by atoms with van der Waals surface area (Å²) in [5.41, 5.74) is -0.0173. The van der Waals surface area contributed by atoms with Crippen molar-refractivity contribution in [2.45, 2.75) is 50.3 Å². The molecule has 18 heavy (non-hydrogen) atoms. The lowest BCUT2D eigenvalue weighted by Gasteiger charge is -2.44. The number of amides is 1. The summed E-state index contributed by atoms with van der Waals surface area (Å²) in [6.45, 7) is 4.26. The molecule has 5 nitrogen and oxygen atoms in total. The van der Waals surface area contributed by atoms with Crippen LogP contribution >= 0.6 is 0 Å². The van der Waals surface area contributed by atoms with Crippen LogP contribution in [0.2, 0.25) is 0 Å². The van der Waals surface area contributed by atoms with Crippen molar-refractivity contribution in [1.82, 2.24) is 10.6 Å². The van der Waals surface area contributed by atoms with Crippen molar-refractivity contribution in [3.63, 3.8) is 0 Å². The quantitative estimate of drug-likeness (QED) is 0.769. The van der Waals surface area contributed by atoms with Gasteiger partial charge in [-0.2, -0.15) is 0 Å². The van der Waals surface area contributed by atoms with E-state index in [-0.39, 0.29) is 17.6 Å². The lowest BCUT2D eigenvalue weighted by atomic mass is 9.84. The molecule has 2 heterocycles. The molecule has 0 bridgehead atoms. The molecular weight excluding hydrogens is 232 g/mol. The molecule has 5 heteroatoms. The Hall–Kier alpha value is -0.650. The lowest BCUT2D eigenvalue weighted by molar-refractivity contribution is -0.142. The van der Waals surface area contributed by atoms with Crippen LogP contribution in [0.4, 0.5) is 0 Å². The predicted octanol–water partition coefficient (Wildman–Crippen LogP) is 0.439. The Morgan fingerprint density at radius 2 is 2.06 bits per heavy atom. The number of ether oxygens (including phenoxy) is 2. The Kier molecular flexibility index (Phi) is 4.59. The first-order chi connectivity index (χ1) is 8.65. The molecule has 0 aromatic carbocycles. The molecule has 2 saturated heterocycles. The van der Waals surface area contributed by atoms with Crippen molar-refractivity contribution in [3.05, 3.63) is 0 Å². The second-order valence-electron chi connectivity index (χ2n) is 5.34. The van der Waals surface area contributed by atoms with Gasteiger partial charge in [-0.05, 0) is 32.6 Å². The highest BCUT2D eigenvalue weighted by molar-refractivity contribution is 5.80. The smallest absolute Gasteiger partial charge is 0.236 e.